The summed E-state index contributed by atoms with van der Waals surface area (Å²) in [6.07, 6.45) is 14.0. The number of rotatable bonds is 2. The summed E-state index contributed by atoms with van der Waals surface area (Å²) < 4.78 is 0. The maximum atomic E-state index is 11.3. The molecule has 1 heterocycles. The van der Waals surface area contributed by atoms with E-state index in [0.29, 0.717) is 29.2 Å². The molecule has 164 valence electrons. The van der Waals surface area contributed by atoms with Crippen molar-refractivity contribution in [3.8, 4) is 0 Å². The number of nitrogens with one attached hydrogen (secondary N) is 1. The molecule has 3 heteroatoms. The highest BCUT2D eigenvalue weighted by molar-refractivity contribution is 5.25. The Hall–Kier alpha value is -0.380. The molecule has 4 fully saturated rings. The number of allylic oxidation sites excluding steroid dienone is 1. The Morgan fingerprint density at radius 2 is 1.90 bits per heavy atom. The standard InChI is InChI=1S/C26H43NO2/c1-16(22-6-4-5-13-27-22)24-23(29)15-21-19-8-7-17-14-18(28)9-11-25(17,2)20(19)10-12-26(21,24)3/h7,16,18-24,27-29H,4-6,8-15H2,1-3H3. The molecule has 1 saturated heterocycles. The summed E-state index contributed by atoms with van der Waals surface area (Å²) >= 11 is 0. The summed E-state index contributed by atoms with van der Waals surface area (Å²) in [4.78, 5) is 0. The molecule has 0 bridgehead atoms. The fourth-order valence-corrected chi connectivity index (χ4v) is 9.22. The highest BCUT2D eigenvalue weighted by atomic mass is 16.3. The van der Waals surface area contributed by atoms with Crippen LogP contribution in [0.3, 0.4) is 0 Å². The molecule has 0 amide bonds. The molecule has 5 aliphatic rings. The second kappa shape index (κ2) is 7.35. The van der Waals surface area contributed by atoms with Gasteiger partial charge in [0.2, 0.25) is 0 Å². The van der Waals surface area contributed by atoms with Crippen LogP contribution in [0.5, 0.6) is 0 Å². The van der Waals surface area contributed by atoms with Crippen molar-refractivity contribution in [3.05, 3.63) is 11.6 Å². The van der Waals surface area contributed by atoms with E-state index in [1.54, 1.807) is 5.57 Å². The predicted octanol–water partition coefficient (Wildman–Crippen LogP) is 4.68. The Morgan fingerprint density at radius 3 is 2.66 bits per heavy atom. The van der Waals surface area contributed by atoms with E-state index >= 15 is 0 Å². The lowest BCUT2D eigenvalue weighted by Crippen LogP contribution is -2.52. The van der Waals surface area contributed by atoms with Gasteiger partial charge in [0.15, 0.2) is 0 Å². The van der Waals surface area contributed by atoms with Gasteiger partial charge in [0.25, 0.3) is 0 Å². The van der Waals surface area contributed by atoms with Gasteiger partial charge in [0.05, 0.1) is 12.2 Å². The summed E-state index contributed by atoms with van der Waals surface area (Å²) in [5, 5.41) is 25.3. The third kappa shape index (κ3) is 3.09. The van der Waals surface area contributed by atoms with Crippen LogP contribution in [-0.4, -0.2) is 35.0 Å². The summed E-state index contributed by atoms with van der Waals surface area (Å²) in [5.41, 5.74) is 2.13. The molecule has 0 radical (unpaired) electrons. The van der Waals surface area contributed by atoms with E-state index in [0.717, 1.165) is 44.1 Å². The first kappa shape index (κ1) is 20.5. The van der Waals surface area contributed by atoms with Crippen LogP contribution in [0.15, 0.2) is 11.6 Å². The number of hydrogen-bond acceptors (Lipinski definition) is 3. The third-order valence-corrected chi connectivity index (χ3v) is 10.7. The zero-order valence-electron chi connectivity index (χ0n) is 18.9. The average molecular weight is 402 g/mol. The van der Waals surface area contributed by atoms with Gasteiger partial charge in [-0.25, -0.2) is 0 Å². The van der Waals surface area contributed by atoms with Gasteiger partial charge in [-0.15, -0.1) is 0 Å². The Labute approximate surface area is 177 Å². The minimum atomic E-state index is -0.131. The predicted molar refractivity (Wildman–Crippen MR) is 117 cm³/mol. The molecule has 0 aromatic carbocycles. The van der Waals surface area contributed by atoms with Gasteiger partial charge in [-0.2, -0.15) is 0 Å². The zero-order chi connectivity index (χ0) is 20.4. The second-order valence-corrected chi connectivity index (χ2v) is 11.9. The van der Waals surface area contributed by atoms with Gasteiger partial charge in [-0.05, 0) is 105 Å². The molecule has 1 aliphatic heterocycles. The monoisotopic (exact) mass is 401 g/mol. The molecule has 29 heavy (non-hydrogen) atoms. The molecule has 3 nitrogen and oxygen atoms in total. The SMILES string of the molecule is CC(C1CCCCN1)C1C(O)CC2C3CC=C4CC(O)CCC4(C)C3CCC21C. The molecule has 10 unspecified atom stereocenters. The quantitative estimate of drug-likeness (QED) is 0.589. The molecular weight excluding hydrogens is 358 g/mol. The van der Waals surface area contributed by atoms with Gasteiger partial charge >= 0.3 is 0 Å². The maximum absolute atomic E-state index is 11.3. The number of aliphatic hydroxyl groups excluding tert-OH is 2. The van der Waals surface area contributed by atoms with E-state index in [2.05, 4.69) is 32.2 Å². The molecule has 0 aromatic rings. The van der Waals surface area contributed by atoms with Gasteiger partial charge in [-0.1, -0.05) is 38.8 Å². The van der Waals surface area contributed by atoms with Gasteiger partial charge in [0.1, 0.15) is 0 Å². The Balaban J connectivity index is 1.41. The van der Waals surface area contributed by atoms with Crippen molar-refractivity contribution in [2.24, 2.45) is 40.4 Å². The first-order chi connectivity index (χ1) is 13.8. The number of fused-ring (bicyclic) bond motifs is 5. The Morgan fingerprint density at radius 1 is 1.07 bits per heavy atom. The summed E-state index contributed by atoms with van der Waals surface area (Å²) in [6.45, 7) is 8.63. The largest absolute Gasteiger partial charge is 0.393 e. The van der Waals surface area contributed by atoms with E-state index in [9.17, 15) is 10.2 Å². The van der Waals surface area contributed by atoms with Crippen LogP contribution >= 0.6 is 0 Å². The second-order valence-electron chi connectivity index (χ2n) is 11.9. The van der Waals surface area contributed by atoms with Gasteiger partial charge < -0.3 is 15.5 Å². The highest BCUT2D eigenvalue weighted by Crippen LogP contribution is 2.67. The Bertz CT molecular complexity index is 655. The van der Waals surface area contributed by atoms with Crippen LogP contribution in [0.1, 0.15) is 85.0 Å². The summed E-state index contributed by atoms with van der Waals surface area (Å²) in [7, 11) is 0. The lowest BCUT2D eigenvalue weighted by molar-refractivity contribution is -0.0651. The maximum Gasteiger partial charge on any atom is 0.0579 e. The third-order valence-electron chi connectivity index (χ3n) is 10.7. The van der Waals surface area contributed by atoms with Crippen LogP contribution in [0.2, 0.25) is 0 Å². The lowest BCUT2D eigenvalue weighted by atomic mass is 9.47. The minimum Gasteiger partial charge on any atom is -0.393 e. The van der Waals surface area contributed by atoms with Crippen LogP contribution in [0.25, 0.3) is 0 Å². The van der Waals surface area contributed by atoms with Crippen molar-refractivity contribution in [3.63, 3.8) is 0 Å². The first-order valence-electron chi connectivity index (χ1n) is 12.6. The lowest BCUT2D eigenvalue weighted by Gasteiger charge is -2.58. The Kier molecular flexibility index (Phi) is 5.20. The van der Waals surface area contributed by atoms with E-state index in [4.69, 9.17) is 0 Å². The molecule has 0 spiro atoms. The van der Waals surface area contributed by atoms with E-state index in [1.165, 1.54) is 38.5 Å². The van der Waals surface area contributed by atoms with E-state index in [-0.39, 0.29) is 17.6 Å². The molecule has 5 rings (SSSR count). The zero-order valence-corrected chi connectivity index (χ0v) is 18.9. The molecule has 3 N–H and O–H groups in total. The average Bonchev–Trinajstić information content (AvgIpc) is 2.99. The van der Waals surface area contributed by atoms with Crippen LogP contribution in [0, 0.1) is 40.4 Å². The smallest absolute Gasteiger partial charge is 0.0579 e. The highest BCUT2D eigenvalue weighted by Gasteiger charge is 2.62. The van der Waals surface area contributed by atoms with Crippen LogP contribution < -0.4 is 5.32 Å². The number of piperidine rings is 1. The fourth-order valence-electron chi connectivity index (χ4n) is 9.22. The van der Waals surface area contributed by atoms with Gasteiger partial charge in [-0.3, -0.25) is 0 Å². The molecule has 10 atom stereocenters. The number of aliphatic hydroxyl groups is 2. The van der Waals surface area contributed by atoms with Crippen molar-refractivity contribution in [2.45, 2.75) is 103 Å². The summed E-state index contributed by atoms with van der Waals surface area (Å²) in [5.74, 6) is 3.14. The normalized spacial score (nSPS) is 53.4. The number of hydrogen-bond donors (Lipinski definition) is 3. The van der Waals surface area contributed by atoms with Crippen molar-refractivity contribution in [1.82, 2.24) is 5.32 Å². The summed E-state index contributed by atoms with van der Waals surface area (Å²) in [6, 6.07) is 0.590. The fraction of sp³-hybridized carbons (Fsp3) is 0.923. The molecular formula is C26H43NO2. The topological polar surface area (TPSA) is 52.5 Å². The minimum absolute atomic E-state index is 0.124. The first-order valence-corrected chi connectivity index (χ1v) is 12.6. The van der Waals surface area contributed by atoms with Crippen molar-refractivity contribution >= 4 is 0 Å². The molecule has 4 aliphatic carbocycles. The van der Waals surface area contributed by atoms with Crippen LogP contribution in [-0.2, 0) is 0 Å². The van der Waals surface area contributed by atoms with Crippen LogP contribution in [0.4, 0.5) is 0 Å². The van der Waals surface area contributed by atoms with Crippen molar-refractivity contribution < 1.29 is 10.2 Å². The van der Waals surface area contributed by atoms with Crippen molar-refractivity contribution in [2.75, 3.05) is 6.54 Å². The van der Waals surface area contributed by atoms with Crippen molar-refractivity contribution in [1.29, 1.82) is 0 Å². The van der Waals surface area contributed by atoms with Gasteiger partial charge in [0, 0.05) is 6.04 Å². The molecule has 3 saturated carbocycles. The molecule has 0 aromatic heterocycles. The van der Waals surface area contributed by atoms with E-state index in [1.807, 2.05) is 0 Å². The van der Waals surface area contributed by atoms with E-state index < -0.39 is 0 Å².